The number of phenols is 1. The first-order valence-corrected chi connectivity index (χ1v) is 10.9. The van der Waals surface area contributed by atoms with Gasteiger partial charge in [0.05, 0.1) is 12.2 Å². The van der Waals surface area contributed by atoms with Gasteiger partial charge in [0.15, 0.2) is 0 Å². The number of thiophene rings is 1. The van der Waals surface area contributed by atoms with Gasteiger partial charge in [0.25, 0.3) is 0 Å². The molecular formula is C24H24N2O3S. The van der Waals surface area contributed by atoms with Crippen LogP contribution in [0.15, 0.2) is 59.6 Å². The second-order valence-electron chi connectivity index (χ2n) is 7.17. The first-order valence-electron chi connectivity index (χ1n) is 10.1. The normalized spacial score (nSPS) is 14.0. The van der Waals surface area contributed by atoms with Crippen LogP contribution in [0.1, 0.15) is 38.8 Å². The first kappa shape index (κ1) is 20.3. The number of aliphatic imine (C=N–C) groups is 1. The van der Waals surface area contributed by atoms with Crippen molar-refractivity contribution in [2.24, 2.45) is 4.99 Å². The second-order valence-corrected chi connectivity index (χ2v) is 8.25. The molecule has 1 aliphatic rings. The first-order chi connectivity index (χ1) is 14.7. The molecule has 6 heteroatoms. The summed E-state index contributed by atoms with van der Waals surface area (Å²) in [5.41, 5.74) is 3.51. The molecule has 0 unspecified atom stereocenters. The number of phenolic OH excluding ortho intramolecular Hbond substituents is 1. The maximum Gasteiger partial charge on any atom is 0.341 e. The van der Waals surface area contributed by atoms with E-state index < -0.39 is 0 Å². The number of carbonyl (C=O) groups excluding carboxylic acids is 1. The lowest BCUT2D eigenvalue weighted by molar-refractivity contribution is 0.0526. The van der Waals surface area contributed by atoms with E-state index in [1.165, 1.54) is 16.9 Å². The lowest BCUT2D eigenvalue weighted by atomic mass is 10.0. The van der Waals surface area contributed by atoms with Crippen LogP contribution < -0.4 is 0 Å². The monoisotopic (exact) mass is 420 g/mol. The molecule has 0 aliphatic carbocycles. The van der Waals surface area contributed by atoms with Gasteiger partial charge in [0.2, 0.25) is 0 Å². The fourth-order valence-corrected chi connectivity index (χ4v) is 4.87. The number of para-hydroxylation sites is 1. The number of ether oxygens (including phenoxy) is 1. The Balaban J connectivity index is 1.63. The van der Waals surface area contributed by atoms with E-state index >= 15 is 0 Å². The smallest absolute Gasteiger partial charge is 0.341 e. The summed E-state index contributed by atoms with van der Waals surface area (Å²) in [5, 5.41) is 10.6. The molecule has 0 radical (unpaired) electrons. The van der Waals surface area contributed by atoms with E-state index in [2.05, 4.69) is 34.2 Å². The molecule has 154 valence electrons. The molecule has 1 aliphatic heterocycles. The van der Waals surface area contributed by atoms with Crippen LogP contribution in [0.3, 0.4) is 0 Å². The van der Waals surface area contributed by atoms with Crippen molar-refractivity contribution in [2.45, 2.75) is 26.4 Å². The number of fused-ring (bicyclic) bond motifs is 1. The maximum atomic E-state index is 12.7. The largest absolute Gasteiger partial charge is 0.507 e. The van der Waals surface area contributed by atoms with Gasteiger partial charge in [-0.05, 0) is 36.6 Å². The number of benzene rings is 2. The summed E-state index contributed by atoms with van der Waals surface area (Å²) in [6.07, 6.45) is 2.40. The van der Waals surface area contributed by atoms with Crippen molar-refractivity contribution < 1.29 is 14.6 Å². The molecule has 3 aromatic rings. The fourth-order valence-electron chi connectivity index (χ4n) is 3.65. The number of carbonyl (C=O) groups is 1. The number of rotatable bonds is 6. The minimum absolute atomic E-state index is 0.161. The molecule has 4 rings (SSSR count). The van der Waals surface area contributed by atoms with Gasteiger partial charge >= 0.3 is 5.97 Å². The van der Waals surface area contributed by atoms with Crippen LogP contribution in [0, 0.1) is 0 Å². The van der Waals surface area contributed by atoms with Gasteiger partial charge in [-0.2, -0.15) is 0 Å². The average Bonchev–Trinajstić information content (AvgIpc) is 3.12. The van der Waals surface area contributed by atoms with E-state index in [4.69, 9.17) is 4.74 Å². The van der Waals surface area contributed by atoms with Crippen molar-refractivity contribution >= 4 is 28.5 Å². The Morgan fingerprint density at radius 1 is 1.20 bits per heavy atom. The number of hydrogen-bond donors (Lipinski definition) is 1. The molecule has 0 saturated heterocycles. The van der Waals surface area contributed by atoms with Crippen molar-refractivity contribution in [3.8, 4) is 5.75 Å². The number of aromatic hydroxyl groups is 1. The third kappa shape index (κ3) is 4.45. The van der Waals surface area contributed by atoms with Crippen LogP contribution in [0.25, 0.3) is 0 Å². The quantitative estimate of drug-likeness (QED) is 0.453. The minimum atomic E-state index is -0.323. The van der Waals surface area contributed by atoms with E-state index in [9.17, 15) is 9.90 Å². The van der Waals surface area contributed by atoms with E-state index in [-0.39, 0.29) is 11.7 Å². The van der Waals surface area contributed by atoms with Gasteiger partial charge < -0.3 is 9.84 Å². The van der Waals surface area contributed by atoms with Crippen molar-refractivity contribution in [1.82, 2.24) is 4.90 Å². The molecule has 1 N–H and O–H groups in total. The van der Waals surface area contributed by atoms with Crippen molar-refractivity contribution in [3.05, 3.63) is 81.7 Å². The summed E-state index contributed by atoms with van der Waals surface area (Å²) < 4.78 is 5.32. The van der Waals surface area contributed by atoms with E-state index in [1.807, 2.05) is 19.1 Å². The van der Waals surface area contributed by atoms with Gasteiger partial charge in [0, 0.05) is 36.3 Å². The molecule has 0 saturated carbocycles. The van der Waals surface area contributed by atoms with E-state index in [0.29, 0.717) is 22.7 Å². The predicted molar refractivity (Wildman–Crippen MR) is 120 cm³/mol. The Bertz CT molecular complexity index is 1060. The van der Waals surface area contributed by atoms with E-state index in [1.54, 1.807) is 24.4 Å². The lowest BCUT2D eigenvalue weighted by Crippen LogP contribution is -2.29. The molecule has 0 bridgehead atoms. The standard InChI is InChI=1S/C24H24N2O3S/c1-2-29-24(28)22-19-12-13-26(15-17-8-4-3-5-9-17)16-21(19)30-23(22)25-14-18-10-6-7-11-20(18)27/h3-11,14,27H,2,12-13,15-16H2,1H3. The number of nitrogens with zero attached hydrogens (tertiary/aromatic N) is 2. The van der Waals surface area contributed by atoms with Gasteiger partial charge in [-0.15, -0.1) is 11.3 Å². The zero-order valence-corrected chi connectivity index (χ0v) is 17.7. The molecule has 0 atom stereocenters. The highest BCUT2D eigenvalue weighted by Crippen LogP contribution is 2.39. The SMILES string of the molecule is CCOC(=O)c1c(N=Cc2ccccc2O)sc2c1CCN(Cc1ccccc1)C2. The highest BCUT2D eigenvalue weighted by molar-refractivity contribution is 7.16. The number of esters is 1. The highest BCUT2D eigenvalue weighted by atomic mass is 32.1. The molecule has 0 fully saturated rings. The lowest BCUT2D eigenvalue weighted by Gasteiger charge is -2.27. The third-order valence-electron chi connectivity index (χ3n) is 5.10. The van der Waals surface area contributed by atoms with Crippen molar-refractivity contribution in [1.29, 1.82) is 0 Å². The van der Waals surface area contributed by atoms with Gasteiger partial charge in [0.1, 0.15) is 10.8 Å². The van der Waals surface area contributed by atoms with Crippen LogP contribution >= 0.6 is 11.3 Å². The van der Waals surface area contributed by atoms with Gasteiger partial charge in [-0.25, -0.2) is 9.79 Å². The zero-order valence-electron chi connectivity index (χ0n) is 16.9. The molecule has 0 amide bonds. The number of hydrogen-bond acceptors (Lipinski definition) is 6. The van der Waals surface area contributed by atoms with Crippen molar-refractivity contribution in [3.63, 3.8) is 0 Å². The molecule has 0 spiro atoms. The Labute approximate surface area is 180 Å². The Morgan fingerprint density at radius 2 is 1.97 bits per heavy atom. The molecular weight excluding hydrogens is 396 g/mol. The molecule has 30 heavy (non-hydrogen) atoms. The predicted octanol–water partition coefficient (Wildman–Crippen LogP) is 4.94. The zero-order chi connectivity index (χ0) is 20.9. The van der Waals surface area contributed by atoms with Crippen LogP contribution in [0.2, 0.25) is 0 Å². The Morgan fingerprint density at radius 3 is 2.73 bits per heavy atom. The second kappa shape index (κ2) is 9.24. The molecule has 5 nitrogen and oxygen atoms in total. The molecule has 2 aromatic carbocycles. The minimum Gasteiger partial charge on any atom is -0.507 e. The Hall–Kier alpha value is -2.96. The summed E-state index contributed by atoms with van der Waals surface area (Å²) in [6, 6.07) is 17.4. The fraction of sp³-hybridized carbons (Fsp3) is 0.250. The van der Waals surface area contributed by atoms with E-state index in [0.717, 1.165) is 36.5 Å². The topological polar surface area (TPSA) is 62.1 Å². The summed E-state index contributed by atoms with van der Waals surface area (Å²) in [5.74, 6) is -0.162. The summed E-state index contributed by atoms with van der Waals surface area (Å²) in [6.45, 7) is 4.68. The maximum absolute atomic E-state index is 12.7. The molecule has 1 aromatic heterocycles. The summed E-state index contributed by atoms with van der Waals surface area (Å²) in [7, 11) is 0. The van der Waals surface area contributed by atoms with Crippen molar-refractivity contribution in [2.75, 3.05) is 13.2 Å². The van der Waals surface area contributed by atoms with Gasteiger partial charge in [-0.3, -0.25) is 4.90 Å². The van der Waals surface area contributed by atoms with Gasteiger partial charge in [-0.1, -0.05) is 42.5 Å². The van der Waals surface area contributed by atoms with Crippen LogP contribution in [-0.2, 0) is 24.2 Å². The van der Waals surface area contributed by atoms with Crippen LogP contribution in [0.4, 0.5) is 5.00 Å². The average molecular weight is 421 g/mol. The van der Waals surface area contributed by atoms with Crippen LogP contribution in [0.5, 0.6) is 5.75 Å². The Kier molecular flexibility index (Phi) is 6.26. The van der Waals surface area contributed by atoms with Crippen LogP contribution in [-0.4, -0.2) is 35.3 Å². The summed E-state index contributed by atoms with van der Waals surface area (Å²) in [4.78, 5) is 20.8. The third-order valence-corrected chi connectivity index (χ3v) is 6.23. The highest BCUT2D eigenvalue weighted by Gasteiger charge is 2.28. The molecule has 2 heterocycles. The summed E-state index contributed by atoms with van der Waals surface area (Å²) >= 11 is 1.53.